The van der Waals surface area contributed by atoms with Crippen molar-refractivity contribution in [3.05, 3.63) is 206 Å². The monoisotopic (exact) mass is 842 g/mol. The van der Waals surface area contributed by atoms with Crippen molar-refractivity contribution in [3.8, 4) is 44.5 Å². The number of benzene rings is 11. The van der Waals surface area contributed by atoms with E-state index in [4.69, 9.17) is 0 Å². The van der Waals surface area contributed by atoms with Gasteiger partial charge in [-0.05, 0) is 6.07 Å². The molecule has 60 heavy (non-hydrogen) atoms. The van der Waals surface area contributed by atoms with Crippen LogP contribution in [0.2, 0.25) is 0 Å². The second-order valence-corrected chi connectivity index (χ2v) is 19.2. The third kappa shape index (κ3) is 5.09. The molecular weight excluding hydrogens is 808 g/mol. The zero-order chi connectivity index (χ0) is 39.3. The van der Waals surface area contributed by atoms with Gasteiger partial charge in [-0.3, -0.25) is 0 Å². The summed E-state index contributed by atoms with van der Waals surface area (Å²) in [7, 11) is 0. The minimum atomic E-state index is 0.202. The fourth-order valence-electron chi connectivity index (χ4n) is 10.1. The van der Waals surface area contributed by atoms with Gasteiger partial charge < -0.3 is 0 Å². The number of hydrogen-bond acceptors (Lipinski definition) is 1. The van der Waals surface area contributed by atoms with E-state index >= 15 is 0 Å². The number of rotatable bonds is 4. The molecule has 11 aromatic carbocycles. The van der Waals surface area contributed by atoms with E-state index in [-0.39, 0.29) is 14.5 Å². The van der Waals surface area contributed by atoms with Crippen LogP contribution in [0.1, 0.15) is 0 Å². The molecule has 0 unspecified atom stereocenters. The first-order valence-electron chi connectivity index (χ1n) is 20.6. The Balaban J connectivity index is 0.995. The predicted octanol–water partition coefficient (Wildman–Crippen LogP) is 16.7. The average Bonchev–Trinajstić information content (AvgIpc) is 3.87. The van der Waals surface area contributed by atoms with E-state index in [9.17, 15) is 0 Å². The Bertz CT molecular complexity index is 3770. The van der Waals surface area contributed by atoms with Crippen molar-refractivity contribution >= 4 is 108 Å². The number of fused-ring (bicyclic) bond motifs is 10. The van der Waals surface area contributed by atoms with Gasteiger partial charge >= 0.3 is 325 Å². The molecule has 13 aromatic rings. The second-order valence-electron chi connectivity index (χ2n) is 15.9. The molecule has 2 heterocycles. The van der Waals surface area contributed by atoms with Gasteiger partial charge in [-0.1, -0.05) is 18.2 Å². The molecule has 0 fully saturated rings. The SMILES string of the molecule is c1ccc(-c2c3ccccc3c(-c3ccc4c(c3)[se]c3ccc(-c5c6ccccc6c(-c6ccc7c(c6)sc6ccccc67)c6ccccc56)cc34)c3ccccc23)cc1. The Labute approximate surface area is 357 Å². The van der Waals surface area contributed by atoms with Crippen LogP contribution in [0.4, 0.5) is 0 Å². The van der Waals surface area contributed by atoms with Crippen molar-refractivity contribution in [1.82, 2.24) is 0 Å². The van der Waals surface area contributed by atoms with Gasteiger partial charge in [0, 0.05) is 10.1 Å². The second kappa shape index (κ2) is 13.4. The van der Waals surface area contributed by atoms with E-state index in [1.807, 2.05) is 11.3 Å². The summed E-state index contributed by atoms with van der Waals surface area (Å²) >= 11 is 2.09. The molecule has 0 aliphatic carbocycles. The van der Waals surface area contributed by atoms with Crippen LogP contribution in [0.15, 0.2) is 206 Å². The molecule has 0 saturated carbocycles. The van der Waals surface area contributed by atoms with E-state index in [0.717, 1.165) is 0 Å². The molecule has 13 rings (SSSR count). The Morgan fingerprint density at radius 3 is 1.18 bits per heavy atom. The Kier molecular flexibility index (Phi) is 7.59. The van der Waals surface area contributed by atoms with Crippen LogP contribution in [0.5, 0.6) is 0 Å². The van der Waals surface area contributed by atoms with Crippen molar-refractivity contribution in [3.63, 3.8) is 0 Å². The molecule has 2 aromatic heterocycles. The molecule has 0 aliphatic rings. The number of hydrogen-bond donors (Lipinski definition) is 0. The van der Waals surface area contributed by atoms with Gasteiger partial charge in [-0.2, -0.15) is 0 Å². The standard InChI is InChI=1S/C58H34SSe/c1-2-14-35(15-3-1)55-42-17-4-6-19-44(42)58(45-20-7-5-18-43(45)55)38-27-30-41-50-32-36(28-31-53(50)60-54(41)34-38)56-46-21-8-10-23-48(46)57(49-24-11-9-22-47(49)56)37-26-29-40-39-16-12-13-25-51(39)59-52(40)33-37/h1-34H. The molecule has 0 atom stereocenters. The zero-order valence-corrected chi connectivity index (χ0v) is 35.0. The van der Waals surface area contributed by atoms with Crippen LogP contribution in [0.3, 0.4) is 0 Å². The van der Waals surface area contributed by atoms with E-state index < -0.39 is 0 Å². The summed E-state index contributed by atoms with van der Waals surface area (Å²) in [6.45, 7) is 0. The van der Waals surface area contributed by atoms with Crippen LogP contribution in [-0.4, -0.2) is 14.5 Å². The average molecular weight is 842 g/mol. The molecule has 278 valence electrons. The first-order valence-corrected chi connectivity index (χ1v) is 23.1. The summed E-state index contributed by atoms with van der Waals surface area (Å²) in [4.78, 5) is 0. The van der Waals surface area contributed by atoms with Crippen LogP contribution in [0, 0.1) is 0 Å². The van der Waals surface area contributed by atoms with Gasteiger partial charge in [0.25, 0.3) is 0 Å². The van der Waals surface area contributed by atoms with Gasteiger partial charge in [0.15, 0.2) is 0 Å². The van der Waals surface area contributed by atoms with Crippen LogP contribution < -0.4 is 0 Å². The molecule has 0 nitrogen and oxygen atoms in total. The van der Waals surface area contributed by atoms with Crippen LogP contribution >= 0.6 is 11.3 Å². The maximum absolute atomic E-state index is 2.50. The molecular formula is C58H34SSe. The maximum atomic E-state index is 2.50. The minimum absolute atomic E-state index is 0.202. The molecule has 2 heteroatoms. The van der Waals surface area contributed by atoms with E-state index in [1.165, 1.54) is 127 Å². The Morgan fingerprint density at radius 2 is 0.633 bits per heavy atom. The molecule has 0 amide bonds. The summed E-state index contributed by atoms with van der Waals surface area (Å²) in [6, 6.07) is 77.3. The van der Waals surface area contributed by atoms with Crippen molar-refractivity contribution in [2.75, 3.05) is 0 Å². The summed E-state index contributed by atoms with van der Waals surface area (Å²) in [6.07, 6.45) is 0. The van der Waals surface area contributed by atoms with Crippen molar-refractivity contribution < 1.29 is 0 Å². The summed E-state index contributed by atoms with van der Waals surface area (Å²) in [5.74, 6) is 0. The number of thiophene rings is 1. The first-order chi connectivity index (χ1) is 29.8. The predicted molar refractivity (Wildman–Crippen MR) is 263 cm³/mol. The van der Waals surface area contributed by atoms with E-state index in [1.54, 1.807) is 0 Å². The van der Waals surface area contributed by atoms with Gasteiger partial charge in [0.2, 0.25) is 0 Å². The van der Waals surface area contributed by atoms with Crippen molar-refractivity contribution in [2.24, 2.45) is 0 Å². The molecule has 0 N–H and O–H groups in total. The fraction of sp³-hybridized carbons (Fsp3) is 0. The molecule has 0 bridgehead atoms. The summed E-state index contributed by atoms with van der Waals surface area (Å²) in [5.41, 5.74) is 10.3. The fourth-order valence-corrected chi connectivity index (χ4v) is 13.6. The Morgan fingerprint density at radius 1 is 0.233 bits per heavy atom. The third-order valence-corrected chi connectivity index (χ3v) is 16.2. The van der Waals surface area contributed by atoms with E-state index in [2.05, 4.69) is 206 Å². The first kappa shape index (κ1) is 34.1. The summed E-state index contributed by atoms with van der Waals surface area (Å²) < 4.78 is 5.58. The van der Waals surface area contributed by atoms with Gasteiger partial charge in [-0.25, -0.2) is 0 Å². The normalized spacial score (nSPS) is 12.0. The third-order valence-electron chi connectivity index (χ3n) is 12.6. The van der Waals surface area contributed by atoms with Crippen LogP contribution in [0.25, 0.3) is 127 Å². The van der Waals surface area contributed by atoms with Gasteiger partial charge in [-0.15, -0.1) is 0 Å². The topological polar surface area (TPSA) is 0 Å². The van der Waals surface area contributed by atoms with Gasteiger partial charge in [0.1, 0.15) is 0 Å². The summed E-state index contributed by atoms with van der Waals surface area (Å²) in [5, 5.41) is 15.8. The van der Waals surface area contributed by atoms with Gasteiger partial charge in [0.05, 0.1) is 0 Å². The van der Waals surface area contributed by atoms with Crippen molar-refractivity contribution in [2.45, 2.75) is 0 Å². The zero-order valence-electron chi connectivity index (χ0n) is 32.4. The molecule has 0 aliphatic heterocycles. The molecule has 0 saturated heterocycles. The van der Waals surface area contributed by atoms with Crippen LogP contribution in [-0.2, 0) is 0 Å². The molecule has 0 spiro atoms. The van der Waals surface area contributed by atoms with E-state index in [0.29, 0.717) is 0 Å². The quantitative estimate of drug-likeness (QED) is 0.122. The molecule has 0 radical (unpaired) electrons. The van der Waals surface area contributed by atoms with Crippen molar-refractivity contribution in [1.29, 1.82) is 0 Å². The Hall–Kier alpha value is -6.80.